The van der Waals surface area contributed by atoms with Gasteiger partial charge in [0.15, 0.2) is 0 Å². The summed E-state index contributed by atoms with van der Waals surface area (Å²) in [6.07, 6.45) is -5.09. The highest BCUT2D eigenvalue weighted by Crippen LogP contribution is 2.30. The second-order valence-corrected chi connectivity index (χ2v) is 9.52. The van der Waals surface area contributed by atoms with E-state index in [0.29, 0.717) is 13.0 Å². The van der Waals surface area contributed by atoms with E-state index in [0.717, 1.165) is 17.7 Å². The number of benzene rings is 3. The summed E-state index contributed by atoms with van der Waals surface area (Å²) in [5, 5.41) is 22.1. The van der Waals surface area contributed by atoms with Gasteiger partial charge in [-0.25, -0.2) is 13.2 Å². The van der Waals surface area contributed by atoms with Gasteiger partial charge < -0.3 is 15.5 Å². The van der Waals surface area contributed by atoms with Gasteiger partial charge in [-0.3, -0.25) is 0 Å². The van der Waals surface area contributed by atoms with Crippen molar-refractivity contribution in [2.75, 3.05) is 13.1 Å². The molecule has 0 radical (unpaired) electrons. The summed E-state index contributed by atoms with van der Waals surface area (Å²) < 4.78 is 63.9. The lowest BCUT2D eigenvalue weighted by atomic mass is 10.1. The number of aromatic carboxylic acids is 1. The van der Waals surface area contributed by atoms with Gasteiger partial charge in [0.25, 0.3) is 0 Å². The molecule has 1 atom stereocenters. The van der Waals surface area contributed by atoms with E-state index in [1.165, 1.54) is 48.5 Å². The number of carbonyl (C=O) groups is 1. The second kappa shape index (κ2) is 10.4. The standard InChI is InChI=1S/C24H22F3NO5S/c25-24(26,27)19-3-1-2-18(14-19)22(29)15-28-13-12-16-4-8-20(9-5-16)34(32,33)21-10-6-17(7-11-21)23(30)31/h1-11,14,22,28-29H,12-13,15H2,(H,30,31)/t22-/m1/s1. The Balaban J connectivity index is 1.55. The normalized spacial score (nSPS) is 12.9. The Morgan fingerprint density at radius 1 is 0.941 bits per heavy atom. The predicted octanol–water partition coefficient (Wildman–Crippen LogP) is 4.10. The van der Waals surface area contributed by atoms with Crippen LogP contribution in [0.4, 0.5) is 13.2 Å². The number of hydrogen-bond acceptors (Lipinski definition) is 5. The van der Waals surface area contributed by atoms with Gasteiger partial charge in [-0.05, 0) is 72.6 Å². The zero-order valence-electron chi connectivity index (χ0n) is 17.8. The van der Waals surface area contributed by atoms with E-state index in [-0.39, 0.29) is 27.5 Å². The molecule has 3 aromatic rings. The quantitative estimate of drug-likeness (QED) is 0.388. The fourth-order valence-electron chi connectivity index (χ4n) is 3.26. The smallest absolute Gasteiger partial charge is 0.416 e. The molecule has 0 bridgehead atoms. The molecule has 0 aliphatic heterocycles. The number of carboxylic acids is 1. The lowest BCUT2D eigenvalue weighted by Gasteiger charge is -2.14. The van der Waals surface area contributed by atoms with Gasteiger partial charge in [-0.15, -0.1) is 0 Å². The van der Waals surface area contributed by atoms with Crippen molar-refractivity contribution in [3.63, 3.8) is 0 Å². The summed E-state index contributed by atoms with van der Waals surface area (Å²) in [6, 6.07) is 15.7. The van der Waals surface area contributed by atoms with E-state index in [9.17, 15) is 31.5 Å². The summed E-state index contributed by atoms with van der Waals surface area (Å²) >= 11 is 0. The number of aliphatic hydroxyl groups is 1. The van der Waals surface area contributed by atoms with E-state index in [2.05, 4.69) is 5.32 Å². The van der Waals surface area contributed by atoms with Crippen molar-refractivity contribution < 1.29 is 36.6 Å². The molecule has 6 nitrogen and oxygen atoms in total. The molecule has 3 rings (SSSR count). The number of sulfone groups is 1. The third-order valence-corrected chi connectivity index (χ3v) is 6.96. The molecule has 0 fully saturated rings. The van der Waals surface area contributed by atoms with Gasteiger partial charge in [0.2, 0.25) is 9.84 Å². The molecule has 0 saturated carbocycles. The third kappa shape index (κ3) is 6.22. The predicted molar refractivity (Wildman–Crippen MR) is 118 cm³/mol. The summed E-state index contributed by atoms with van der Waals surface area (Å²) in [7, 11) is -3.80. The van der Waals surface area contributed by atoms with Gasteiger partial charge in [0.1, 0.15) is 0 Å². The summed E-state index contributed by atoms with van der Waals surface area (Å²) in [5.74, 6) is -1.15. The van der Waals surface area contributed by atoms with Crippen LogP contribution in [0.3, 0.4) is 0 Å². The van der Waals surface area contributed by atoms with Crippen molar-refractivity contribution in [2.24, 2.45) is 0 Å². The van der Waals surface area contributed by atoms with Crippen LogP contribution in [0, 0.1) is 0 Å². The largest absolute Gasteiger partial charge is 0.478 e. The van der Waals surface area contributed by atoms with Crippen LogP contribution < -0.4 is 5.32 Å². The maximum Gasteiger partial charge on any atom is 0.416 e. The van der Waals surface area contributed by atoms with Gasteiger partial charge in [0.05, 0.1) is 27.0 Å². The molecular formula is C24H22F3NO5S. The Labute approximate surface area is 194 Å². The average molecular weight is 494 g/mol. The molecule has 0 aliphatic carbocycles. The van der Waals surface area contributed by atoms with E-state index in [1.807, 2.05) is 0 Å². The van der Waals surface area contributed by atoms with Gasteiger partial charge >= 0.3 is 12.1 Å². The highest BCUT2D eigenvalue weighted by atomic mass is 32.2. The summed E-state index contributed by atoms with van der Waals surface area (Å²) in [6.45, 7) is 0.471. The lowest BCUT2D eigenvalue weighted by Crippen LogP contribution is -2.24. The Morgan fingerprint density at radius 3 is 2.09 bits per heavy atom. The topological polar surface area (TPSA) is 104 Å². The fourth-order valence-corrected chi connectivity index (χ4v) is 4.52. The highest BCUT2D eigenvalue weighted by Gasteiger charge is 2.30. The van der Waals surface area contributed by atoms with E-state index in [1.54, 1.807) is 12.1 Å². The van der Waals surface area contributed by atoms with Crippen LogP contribution in [0.25, 0.3) is 0 Å². The molecule has 3 aromatic carbocycles. The Bertz CT molecular complexity index is 1240. The van der Waals surface area contributed by atoms with Crippen LogP contribution >= 0.6 is 0 Å². The third-order valence-electron chi connectivity index (χ3n) is 5.17. The minimum Gasteiger partial charge on any atom is -0.478 e. The maximum absolute atomic E-state index is 12.8. The van der Waals surface area contributed by atoms with E-state index >= 15 is 0 Å². The summed E-state index contributed by atoms with van der Waals surface area (Å²) in [5.41, 5.74) is 0.145. The second-order valence-electron chi connectivity index (χ2n) is 7.57. The lowest BCUT2D eigenvalue weighted by molar-refractivity contribution is -0.137. The van der Waals surface area contributed by atoms with Crippen LogP contribution in [0.2, 0.25) is 0 Å². The molecular weight excluding hydrogens is 471 g/mol. The monoisotopic (exact) mass is 493 g/mol. The molecule has 0 amide bonds. The van der Waals surface area contributed by atoms with Crippen LogP contribution in [-0.2, 0) is 22.4 Å². The highest BCUT2D eigenvalue weighted by molar-refractivity contribution is 7.91. The number of carboxylic acid groups (broad SMARTS) is 1. The average Bonchev–Trinajstić information content (AvgIpc) is 2.81. The molecule has 0 heterocycles. The first kappa shape index (κ1) is 25.4. The molecule has 0 spiro atoms. The first-order valence-electron chi connectivity index (χ1n) is 10.2. The van der Waals surface area contributed by atoms with Gasteiger partial charge in [-0.1, -0.05) is 24.3 Å². The Morgan fingerprint density at radius 2 is 1.53 bits per heavy atom. The van der Waals surface area contributed by atoms with Gasteiger partial charge in [0, 0.05) is 6.54 Å². The van der Waals surface area contributed by atoms with Crippen molar-refractivity contribution in [2.45, 2.75) is 28.5 Å². The maximum atomic E-state index is 12.8. The Kier molecular flexibility index (Phi) is 7.75. The molecule has 0 unspecified atom stereocenters. The Hall–Kier alpha value is -3.21. The molecule has 34 heavy (non-hydrogen) atoms. The first-order valence-corrected chi connectivity index (χ1v) is 11.7. The first-order chi connectivity index (χ1) is 16.0. The molecule has 180 valence electrons. The van der Waals surface area contributed by atoms with Crippen molar-refractivity contribution in [1.82, 2.24) is 5.32 Å². The van der Waals surface area contributed by atoms with E-state index in [4.69, 9.17) is 5.11 Å². The van der Waals surface area contributed by atoms with Crippen LogP contribution in [0.15, 0.2) is 82.6 Å². The SMILES string of the molecule is O=C(O)c1ccc(S(=O)(=O)c2ccc(CCNC[C@@H](O)c3cccc(C(F)(F)F)c3)cc2)cc1. The molecule has 3 N–H and O–H groups in total. The minimum absolute atomic E-state index is 0.0139. The molecule has 0 aromatic heterocycles. The van der Waals surface area contributed by atoms with Crippen molar-refractivity contribution in [3.05, 3.63) is 95.1 Å². The van der Waals surface area contributed by atoms with Crippen molar-refractivity contribution >= 4 is 15.8 Å². The zero-order chi connectivity index (χ0) is 24.9. The van der Waals surface area contributed by atoms with E-state index < -0.39 is 33.7 Å². The van der Waals surface area contributed by atoms with Gasteiger partial charge in [-0.2, -0.15) is 13.2 Å². The zero-order valence-corrected chi connectivity index (χ0v) is 18.6. The number of nitrogens with one attached hydrogen (secondary N) is 1. The van der Waals surface area contributed by atoms with Crippen LogP contribution in [-0.4, -0.2) is 37.7 Å². The van der Waals surface area contributed by atoms with Crippen LogP contribution in [0.1, 0.15) is 33.2 Å². The fraction of sp³-hybridized carbons (Fsp3) is 0.208. The molecule has 0 aliphatic rings. The number of hydrogen-bond donors (Lipinski definition) is 3. The van der Waals surface area contributed by atoms with Crippen LogP contribution in [0.5, 0.6) is 0 Å². The number of aliphatic hydroxyl groups excluding tert-OH is 1. The summed E-state index contributed by atoms with van der Waals surface area (Å²) in [4.78, 5) is 11.0. The molecule has 0 saturated heterocycles. The van der Waals surface area contributed by atoms with Crippen molar-refractivity contribution in [3.8, 4) is 0 Å². The minimum atomic E-state index is -4.48. The van der Waals surface area contributed by atoms with Crippen molar-refractivity contribution in [1.29, 1.82) is 0 Å². The number of halogens is 3. The number of rotatable bonds is 9. The number of alkyl halides is 3. The molecule has 10 heteroatoms.